The van der Waals surface area contributed by atoms with Gasteiger partial charge in [0.15, 0.2) is 12.4 Å². The number of esters is 1. The Morgan fingerprint density at radius 2 is 1.37 bits per heavy atom. The maximum atomic E-state index is 11.7. The molecule has 1 aromatic rings. The van der Waals surface area contributed by atoms with Crippen LogP contribution in [0.25, 0.3) is 0 Å². The molecule has 14 heteroatoms. The van der Waals surface area contributed by atoms with Crippen molar-refractivity contribution in [1.82, 2.24) is 9.80 Å². The van der Waals surface area contributed by atoms with Gasteiger partial charge in [-0.2, -0.15) is 4.73 Å². The van der Waals surface area contributed by atoms with Crippen molar-refractivity contribution in [2.24, 2.45) is 0 Å². The standard InChI is InChI=1S/C13H19N3O3.2C4H4O4/c1-14-5-7-15(8-6-14)9-10-19-13(17)12-3-2-4-16(18)11-12;2*5-3(6)1-2-4(7)8/h2-4,11H,5-10H2,1H3;2*1-2H,(H,5,6)(H,7,8)/b;2*2-1-. The molecular weight excluding hydrogens is 470 g/mol. The number of hydrogen-bond acceptors (Lipinski definition) is 9. The van der Waals surface area contributed by atoms with Crippen LogP contribution in [0.15, 0.2) is 48.8 Å². The van der Waals surface area contributed by atoms with E-state index in [1.54, 1.807) is 6.07 Å². The fraction of sp³-hybridized carbons (Fsp3) is 0.333. The Kier molecular flexibility index (Phi) is 15.1. The highest BCUT2D eigenvalue weighted by atomic mass is 16.5. The van der Waals surface area contributed by atoms with Crippen molar-refractivity contribution in [3.05, 3.63) is 59.6 Å². The smallest absolute Gasteiger partial charge is 0.344 e. The van der Waals surface area contributed by atoms with E-state index in [2.05, 4.69) is 16.8 Å². The molecule has 4 N–H and O–H groups in total. The van der Waals surface area contributed by atoms with Gasteiger partial charge in [-0.15, -0.1) is 0 Å². The Bertz CT molecular complexity index is 857. The van der Waals surface area contributed by atoms with E-state index in [-0.39, 0.29) is 5.56 Å². The lowest BCUT2D eigenvalue weighted by Gasteiger charge is -2.31. The first-order valence-corrected chi connectivity index (χ1v) is 9.95. The van der Waals surface area contributed by atoms with Gasteiger partial charge in [0.05, 0.1) is 0 Å². The molecule has 1 aromatic heterocycles. The molecule has 1 saturated heterocycles. The Hall–Kier alpha value is -4.30. The summed E-state index contributed by atoms with van der Waals surface area (Å²) >= 11 is 0. The number of nitrogens with zero attached hydrogens (tertiary/aromatic N) is 3. The first-order chi connectivity index (χ1) is 16.4. The number of carbonyl (C=O) groups excluding carboxylic acids is 1. The second kappa shape index (κ2) is 17.2. The number of likely N-dealkylation sites (N-methyl/N-ethyl adjacent to an activating group) is 1. The molecule has 0 spiro atoms. The fourth-order valence-electron chi connectivity index (χ4n) is 2.28. The maximum absolute atomic E-state index is 11.7. The summed E-state index contributed by atoms with van der Waals surface area (Å²) < 4.78 is 5.76. The van der Waals surface area contributed by atoms with Crippen LogP contribution in [0.5, 0.6) is 0 Å². The molecule has 0 atom stereocenters. The Morgan fingerprint density at radius 3 is 1.77 bits per heavy atom. The lowest BCUT2D eigenvalue weighted by Crippen LogP contribution is -2.45. The average molecular weight is 497 g/mol. The van der Waals surface area contributed by atoms with Crippen LogP contribution in [0.2, 0.25) is 0 Å². The minimum atomic E-state index is -1.26. The fourth-order valence-corrected chi connectivity index (χ4v) is 2.28. The van der Waals surface area contributed by atoms with Crippen molar-refractivity contribution in [3.63, 3.8) is 0 Å². The second-order valence-corrected chi connectivity index (χ2v) is 6.75. The normalized spacial score (nSPS) is 13.7. The number of piperazine rings is 1. The summed E-state index contributed by atoms with van der Waals surface area (Å²) in [5.41, 5.74) is 0.288. The number of carbonyl (C=O) groups is 5. The van der Waals surface area contributed by atoms with Crippen molar-refractivity contribution in [2.45, 2.75) is 0 Å². The molecule has 0 saturated carbocycles. The Balaban J connectivity index is 0.000000601. The van der Waals surface area contributed by atoms with Gasteiger partial charge in [-0.25, -0.2) is 24.0 Å². The van der Waals surface area contributed by atoms with Crippen molar-refractivity contribution < 1.29 is 53.9 Å². The highest BCUT2D eigenvalue weighted by molar-refractivity contribution is 5.90. The van der Waals surface area contributed by atoms with Gasteiger partial charge in [0.25, 0.3) is 0 Å². The predicted octanol–water partition coefficient (Wildman–Crippen LogP) is -0.852. The maximum Gasteiger partial charge on any atom is 0.344 e. The molecule has 0 aromatic carbocycles. The number of aliphatic carboxylic acids is 4. The summed E-state index contributed by atoms with van der Waals surface area (Å²) in [5, 5.41) is 42.3. The molecule has 1 aliphatic rings. The number of hydrogen-bond donors (Lipinski definition) is 4. The van der Waals surface area contributed by atoms with Gasteiger partial charge in [0, 0.05) is 63.1 Å². The molecule has 1 aliphatic heterocycles. The van der Waals surface area contributed by atoms with Crippen molar-refractivity contribution in [2.75, 3.05) is 46.4 Å². The van der Waals surface area contributed by atoms with Gasteiger partial charge < -0.3 is 35.3 Å². The predicted molar refractivity (Wildman–Crippen MR) is 118 cm³/mol. The van der Waals surface area contributed by atoms with Gasteiger partial charge in [-0.3, -0.25) is 4.90 Å². The van der Waals surface area contributed by atoms with E-state index in [1.165, 1.54) is 18.5 Å². The molecule has 0 amide bonds. The van der Waals surface area contributed by atoms with Gasteiger partial charge in [-0.1, -0.05) is 0 Å². The van der Waals surface area contributed by atoms with E-state index in [1.807, 2.05) is 0 Å². The van der Waals surface area contributed by atoms with Crippen molar-refractivity contribution in [3.8, 4) is 0 Å². The third-order valence-electron chi connectivity index (χ3n) is 3.98. The number of rotatable bonds is 8. The largest absolute Gasteiger partial charge is 0.619 e. The zero-order chi connectivity index (χ0) is 26.8. The summed E-state index contributed by atoms with van der Waals surface area (Å²) in [6.07, 6.45) is 4.79. The van der Waals surface area contributed by atoms with E-state index in [4.69, 9.17) is 25.2 Å². The summed E-state index contributed by atoms with van der Waals surface area (Å²) in [7, 11) is 2.10. The lowest BCUT2D eigenvalue weighted by molar-refractivity contribution is -0.605. The molecule has 192 valence electrons. The first-order valence-electron chi connectivity index (χ1n) is 9.95. The van der Waals surface area contributed by atoms with Gasteiger partial charge in [0.2, 0.25) is 0 Å². The van der Waals surface area contributed by atoms with E-state index < -0.39 is 29.8 Å². The average Bonchev–Trinajstić information content (AvgIpc) is 2.78. The lowest BCUT2D eigenvalue weighted by atomic mass is 10.3. The third-order valence-corrected chi connectivity index (χ3v) is 3.98. The van der Waals surface area contributed by atoms with Crippen LogP contribution in [0.4, 0.5) is 0 Å². The zero-order valence-corrected chi connectivity index (χ0v) is 18.8. The van der Waals surface area contributed by atoms with Gasteiger partial charge in [0.1, 0.15) is 12.2 Å². The molecular formula is C21H27N3O11. The van der Waals surface area contributed by atoms with E-state index in [0.29, 0.717) is 35.6 Å². The van der Waals surface area contributed by atoms with Crippen LogP contribution >= 0.6 is 0 Å². The summed E-state index contributed by atoms with van der Waals surface area (Å²) in [6.45, 7) is 5.19. The highest BCUT2D eigenvalue weighted by Gasteiger charge is 2.15. The number of carboxylic acid groups (broad SMARTS) is 4. The summed E-state index contributed by atoms with van der Waals surface area (Å²) in [4.78, 5) is 54.5. The summed E-state index contributed by atoms with van der Waals surface area (Å²) in [6, 6.07) is 3.11. The Morgan fingerprint density at radius 1 is 0.914 bits per heavy atom. The second-order valence-electron chi connectivity index (χ2n) is 6.75. The highest BCUT2D eigenvalue weighted by Crippen LogP contribution is 2.01. The monoisotopic (exact) mass is 497 g/mol. The number of pyridine rings is 1. The van der Waals surface area contributed by atoms with E-state index >= 15 is 0 Å². The minimum Gasteiger partial charge on any atom is -0.619 e. The first kappa shape index (κ1) is 30.7. The van der Waals surface area contributed by atoms with Crippen LogP contribution < -0.4 is 4.73 Å². The number of carboxylic acids is 4. The molecule has 0 unspecified atom stereocenters. The number of aromatic nitrogens is 1. The summed E-state index contributed by atoms with van der Waals surface area (Å²) in [5.74, 6) is -5.47. The van der Waals surface area contributed by atoms with E-state index in [9.17, 15) is 29.2 Å². The molecule has 0 bridgehead atoms. The topological polar surface area (TPSA) is 209 Å². The van der Waals surface area contributed by atoms with Crippen LogP contribution in [-0.2, 0) is 23.9 Å². The Labute approximate surface area is 200 Å². The molecule has 0 aliphatic carbocycles. The van der Waals surface area contributed by atoms with Crippen molar-refractivity contribution >= 4 is 29.8 Å². The molecule has 14 nitrogen and oxygen atoms in total. The van der Waals surface area contributed by atoms with Gasteiger partial charge in [-0.05, 0) is 13.1 Å². The van der Waals surface area contributed by atoms with Crippen molar-refractivity contribution in [1.29, 1.82) is 0 Å². The van der Waals surface area contributed by atoms with Crippen LogP contribution in [-0.4, -0.2) is 106 Å². The molecule has 0 radical (unpaired) electrons. The quantitative estimate of drug-likeness (QED) is 0.149. The SMILES string of the molecule is CN1CCN(CCOC(=O)c2ccc[n+]([O-])c2)CC1.O=C(O)/C=C\C(=O)O.O=C(O)/C=C\C(=O)O. The number of ether oxygens (including phenoxy) is 1. The molecule has 2 heterocycles. The molecule has 1 fully saturated rings. The minimum absolute atomic E-state index is 0.288. The zero-order valence-electron chi connectivity index (χ0n) is 18.8. The van der Waals surface area contributed by atoms with E-state index in [0.717, 1.165) is 32.7 Å². The van der Waals surface area contributed by atoms with Crippen LogP contribution in [0.1, 0.15) is 10.4 Å². The van der Waals surface area contributed by atoms with Crippen LogP contribution in [0.3, 0.4) is 0 Å². The van der Waals surface area contributed by atoms with Gasteiger partial charge >= 0.3 is 29.8 Å². The molecule has 35 heavy (non-hydrogen) atoms. The molecule has 2 rings (SSSR count). The third kappa shape index (κ3) is 17.9. The van der Waals surface area contributed by atoms with Crippen LogP contribution in [0, 0.1) is 5.21 Å².